The fourth-order valence-corrected chi connectivity index (χ4v) is 1.83. The highest BCUT2D eigenvalue weighted by molar-refractivity contribution is 5.92. The van der Waals surface area contributed by atoms with Crippen LogP contribution in [0.1, 0.15) is 12.5 Å². The molecule has 0 bridgehead atoms. The Kier molecular flexibility index (Phi) is 2.84. The van der Waals surface area contributed by atoms with Gasteiger partial charge < -0.3 is 10.2 Å². The number of benzene rings is 1. The van der Waals surface area contributed by atoms with E-state index in [1.165, 1.54) is 0 Å². The number of aliphatic hydroxyl groups is 2. The summed E-state index contributed by atoms with van der Waals surface area (Å²) in [6.07, 6.45) is -0.937. The summed E-state index contributed by atoms with van der Waals surface area (Å²) in [6, 6.07) is 9.65. The third-order valence-corrected chi connectivity index (χ3v) is 2.76. The Balaban J connectivity index is 2.11. The van der Waals surface area contributed by atoms with Crippen molar-refractivity contribution in [2.24, 2.45) is 4.99 Å². The van der Waals surface area contributed by atoms with Crippen LogP contribution in [0.5, 0.6) is 0 Å². The number of hydrogen-bond donors (Lipinski definition) is 2. The Morgan fingerprint density at radius 1 is 1.20 bits per heavy atom. The molecular weight excluding hydrogens is 190 g/mol. The predicted octanol–water partition coefficient (Wildman–Crippen LogP) is 0.794. The molecule has 3 nitrogen and oxygen atoms in total. The van der Waals surface area contributed by atoms with Gasteiger partial charge in [-0.1, -0.05) is 30.3 Å². The van der Waals surface area contributed by atoms with E-state index in [2.05, 4.69) is 4.99 Å². The van der Waals surface area contributed by atoms with Crippen molar-refractivity contribution >= 4 is 5.71 Å². The van der Waals surface area contributed by atoms with Gasteiger partial charge in [0.05, 0.1) is 6.04 Å². The van der Waals surface area contributed by atoms with E-state index >= 15 is 0 Å². The molecule has 2 rings (SSSR count). The van der Waals surface area contributed by atoms with Crippen LogP contribution < -0.4 is 0 Å². The van der Waals surface area contributed by atoms with Gasteiger partial charge in [0.15, 0.2) is 0 Å². The highest BCUT2D eigenvalue weighted by Crippen LogP contribution is 2.17. The van der Waals surface area contributed by atoms with E-state index in [1.807, 2.05) is 37.3 Å². The van der Waals surface area contributed by atoms with Crippen LogP contribution in [0.25, 0.3) is 0 Å². The lowest BCUT2D eigenvalue weighted by Crippen LogP contribution is -2.33. The molecule has 1 heterocycles. The molecule has 3 heteroatoms. The van der Waals surface area contributed by atoms with Gasteiger partial charge in [-0.2, -0.15) is 0 Å². The third kappa shape index (κ3) is 2.08. The number of hydrogen-bond acceptors (Lipinski definition) is 3. The van der Waals surface area contributed by atoms with Crippen LogP contribution in [0, 0.1) is 0 Å². The summed E-state index contributed by atoms with van der Waals surface area (Å²) in [5.74, 6) is 0. The summed E-state index contributed by atoms with van der Waals surface area (Å²) >= 11 is 0. The number of rotatable bonds is 2. The molecular formula is C12H15NO2. The first-order valence-electron chi connectivity index (χ1n) is 5.15. The van der Waals surface area contributed by atoms with Crippen molar-refractivity contribution in [2.75, 3.05) is 0 Å². The van der Waals surface area contributed by atoms with Gasteiger partial charge in [-0.3, -0.25) is 4.99 Å². The second kappa shape index (κ2) is 4.13. The molecule has 1 aliphatic heterocycles. The SMILES string of the molecule is C[C@@H]1N=C(Cc2ccccc2)[C@H](O)[C@@H]1O. The maximum Gasteiger partial charge on any atom is 0.120 e. The third-order valence-electron chi connectivity index (χ3n) is 2.76. The highest BCUT2D eigenvalue weighted by Gasteiger charge is 2.33. The van der Waals surface area contributed by atoms with Crippen LogP contribution in [0.4, 0.5) is 0 Å². The van der Waals surface area contributed by atoms with E-state index in [0.29, 0.717) is 12.1 Å². The second-order valence-corrected chi connectivity index (χ2v) is 3.96. The molecule has 0 saturated carbocycles. The van der Waals surface area contributed by atoms with E-state index in [1.54, 1.807) is 0 Å². The topological polar surface area (TPSA) is 52.8 Å². The van der Waals surface area contributed by atoms with E-state index in [-0.39, 0.29) is 6.04 Å². The summed E-state index contributed by atoms with van der Waals surface area (Å²) < 4.78 is 0. The molecule has 0 amide bonds. The molecule has 0 saturated heterocycles. The van der Waals surface area contributed by atoms with Crippen LogP contribution in [-0.2, 0) is 6.42 Å². The van der Waals surface area contributed by atoms with Gasteiger partial charge in [0.25, 0.3) is 0 Å². The standard InChI is InChI=1S/C12H15NO2/c1-8-11(14)12(15)10(13-8)7-9-5-3-2-4-6-9/h2-6,8,11-12,14-15H,7H2,1H3/t8-,11+,12-/m0/s1. The zero-order valence-electron chi connectivity index (χ0n) is 8.67. The van der Waals surface area contributed by atoms with Gasteiger partial charge in [0.2, 0.25) is 0 Å². The normalized spacial score (nSPS) is 30.3. The van der Waals surface area contributed by atoms with E-state index in [0.717, 1.165) is 5.56 Å². The first-order valence-corrected chi connectivity index (χ1v) is 5.15. The summed E-state index contributed by atoms with van der Waals surface area (Å²) in [7, 11) is 0. The van der Waals surface area contributed by atoms with Crippen molar-refractivity contribution in [3.05, 3.63) is 35.9 Å². The van der Waals surface area contributed by atoms with Crippen molar-refractivity contribution in [3.63, 3.8) is 0 Å². The average Bonchev–Trinajstić information content (AvgIpc) is 2.48. The molecule has 3 atom stereocenters. The molecule has 1 aliphatic rings. The Morgan fingerprint density at radius 3 is 2.40 bits per heavy atom. The molecule has 2 N–H and O–H groups in total. The lowest BCUT2D eigenvalue weighted by molar-refractivity contribution is 0.0585. The van der Waals surface area contributed by atoms with Crippen LogP contribution >= 0.6 is 0 Å². The fourth-order valence-electron chi connectivity index (χ4n) is 1.83. The van der Waals surface area contributed by atoms with Gasteiger partial charge >= 0.3 is 0 Å². The van der Waals surface area contributed by atoms with Crippen LogP contribution in [0.15, 0.2) is 35.3 Å². The number of aliphatic imine (C=N–C) groups is 1. The molecule has 0 fully saturated rings. The molecule has 80 valence electrons. The maximum atomic E-state index is 9.71. The van der Waals surface area contributed by atoms with Crippen LogP contribution in [-0.4, -0.2) is 34.2 Å². The molecule has 0 aromatic heterocycles. The van der Waals surface area contributed by atoms with E-state index in [4.69, 9.17) is 0 Å². The summed E-state index contributed by atoms with van der Waals surface area (Å²) in [5, 5.41) is 19.3. The van der Waals surface area contributed by atoms with Crippen LogP contribution in [0.2, 0.25) is 0 Å². The van der Waals surface area contributed by atoms with Crippen molar-refractivity contribution in [3.8, 4) is 0 Å². The molecule has 0 spiro atoms. The Morgan fingerprint density at radius 2 is 1.87 bits per heavy atom. The first-order chi connectivity index (χ1) is 7.18. The van der Waals surface area contributed by atoms with E-state index < -0.39 is 12.2 Å². The fraction of sp³-hybridized carbons (Fsp3) is 0.417. The lowest BCUT2D eigenvalue weighted by atomic mass is 10.0. The first kappa shape index (κ1) is 10.3. The second-order valence-electron chi connectivity index (χ2n) is 3.96. The minimum atomic E-state index is -0.805. The molecule has 15 heavy (non-hydrogen) atoms. The molecule has 0 aliphatic carbocycles. The Hall–Kier alpha value is -1.19. The van der Waals surface area contributed by atoms with Gasteiger partial charge in [-0.05, 0) is 12.5 Å². The number of nitrogens with zero attached hydrogens (tertiary/aromatic N) is 1. The van der Waals surface area contributed by atoms with Gasteiger partial charge in [-0.25, -0.2) is 0 Å². The largest absolute Gasteiger partial charge is 0.388 e. The molecule has 1 aromatic carbocycles. The zero-order valence-corrected chi connectivity index (χ0v) is 8.67. The monoisotopic (exact) mass is 205 g/mol. The lowest BCUT2D eigenvalue weighted by Gasteiger charge is -2.12. The quantitative estimate of drug-likeness (QED) is 0.750. The zero-order chi connectivity index (χ0) is 10.8. The smallest absolute Gasteiger partial charge is 0.120 e. The van der Waals surface area contributed by atoms with Crippen LogP contribution in [0.3, 0.4) is 0 Å². The summed E-state index contributed by atoms with van der Waals surface area (Å²) in [4.78, 5) is 4.26. The minimum Gasteiger partial charge on any atom is -0.388 e. The van der Waals surface area contributed by atoms with Crippen molar-refractivity contribution in [2.45, 2.75) is 31.6 Å². The van der Waals surface area contributed by atoms with E-state index in [9.17, 15) is 10.2 Å². The van der Waals surface area contributed by atoms with Gasteiger partial charge in [0.1, 0.15) is 12.2 Å². The Bertz CT molecular complexity index is 361. The predicted molar refractivity (Wildman–Crippen MR) is 59.1 cm³/mol. The van der Waals surface area contributed by atoms with Crippen molar-refractivity contribution in [1.82, 2.24) is 0 Å². The molecule has 1 aromatic rings. The van der Waals surface area contributed by atoms with Gasteiger partial charge in [0, 0.05) is 12.1 Å². The minimum absolute atomic E-state index is 0.196. The highest BCUT2D eigenvalue weighted by atomic mass is 16.3. The van der Waals surface area contributed by atoms with Crippen molar-refractivity contribution < 1.29 is 10.2 Å². The summed E-state index contributed by atoms with van der Waals surface area (Å²) in [5.41, 5.74) is 1.79. The molecule has 0 radical (unpaired) electrons. The maximum absolute atomic E-state index is 9.71. The average molecular weight is 205 g/mol. The summed E-state index contributed by atoms with van der Waals surface area (Å²) in [6.45, 7) is 1.81. The molecule has 0 unspecified atom stereocenters. The van der Waals surface area contributed by atoms with Gasteiger partial charge in [-0.15, -0.1) is 0 Å². The number of aliphatic hydroxyl groups excluding tert-OH is 2. The Labute approximate surface area is 89.1 Å². The van der Waals surface area contributed by atoms with Crippen molar-refractivity contribution in [1.29, 1.82) is 0 Å².